The number of likely N-dealkylation sites (N-methyl/N-ethyl adjacent to an activating group) is 1. The summed E-state index contributed by atoms with van der Waals surface area (Å²) >= 11 is 6.03. The second-order valence-electron chi connectivity index (χ2n) is 6.93. The molecule has 9 heteroatoms. The number of aromatic amines is 1. The number of hydrogen-bond donors (Lipinski definition) is 3. The van der Waals surface area contributed by atoms with Gasteiger partial charge in [-0.2, -0.15) is 0 Å². The third-order valence-electron chi connectivity index (χ3n) is 4.88. The quantitative estimate of drug-likeness (QED) is 0.535. The molecule has 0 aliphatic heterocycles. The third kappa shape index (κ3) is 5.03. The number of carbonyl (C=O) groups excluding carboxylic acids is 2. The van der Waals surface area contributed by atoms with E-state index in [1.165, 1.54) is 23.2 Å². The monoisotopic (exact) mass is 444 g/mol. The van der Waals surface area contributed by atoms with Crippen LogP contribution in [-0.4, -0.2) is 34.9 Å². The Morgan fingerprint density at radius 1 is 1.19 bits per heavy atom. The van der Waals surface area contributed by atoms with Gasteiger partial charge in [0.15, 0.2) is 0 Å². The average molecular weight is 445 g/mol. The van der Waals surface area contributed by atoms with Crippen LogP contribution in [0.5, 0.6) is 0 Å². The Hall–Kier alpha value is -3.39. The van der Waals surface area contributed by atoms with Crippen LogP contribution in [0.3, 0.4) is 0 Å². The summed E-state index contributed by atoms with van der Waals surface area (Å²) in [6.45, 7) is 3.71. The summed E-state index contributed by atoms with van der Waals surface area (Å²) in [5.74, 6) is -0.876. The van der Waals surface area contributed by atoms with Gasteiger partial charge in [-0.15, -0.1) is 0 Å². The van der Waals surface area contributed by atoms with E-state index in [2.05, 4.69) is 15.6 Å². The summed E-state index contributed by atoms with van der Waals surface area (Å²) in [4.78, 5) is 41.6. The van der Waals surface area contributed by atoms with Crippen molar-refractivity contribution in [2.75, 3.05) is 18.4 Å². The van der Waals surface area contributed by atoms with Crippen molar-refractivity contribution in [2.24, 2.45) is 0 Å². The van der Waals surface area contributed by atoms with Gasteiger partial charge in [0.2, 0.25) is 5.91 Å². The minimum absolute atomic E-state index is 0.0356. The normalized spacial score (nSPS) is 11.7. The van der Waals surface area contributed by atoms with Crippen LogP contribution in [0.4, 0.5) is 14.9 Å². The maximum Gasteiger partial charge on any atom is 0.322 e. The van der Waals surface area contributed by atoms with Gasteiger partial charge >= 0.3 is 6.03 Å². The fraction of sp³-hybridized carbons (Fsp3) is 0.227. The standard InChI is InChI=1S/C22H22ClFN4O3/c1-3-25-20(29)12-28(22(31)27-19-9-8-14(24)10-18(19)23)13(2)17-11-26-21(30)16-7-5-4-6-15(16)17/h4-11,13H,3,12H2,1-2H3,(H,25,29)(H,26,30)(H,27,31). The summed E-state index contributed by atoms with van der Waals surface area (Å²) in [6, 6.07) is 9.46. The summed E-state index contributed by atoms with van der Waals surface area (Å²) in [6.07, 6.45) is 1.54. The molecule has 3 aromatic rings. The van der Waals surface area contributed by atoms with E-state index in [-0.39, 0.29) is 28.7 Å². The first-order chi connectivity index (χ1) is 14.8. The number of nitrogens with one attached hydrogen (secondary N) is 3. The molecule has 3 N–H and O–H groups in total. The van der Waals surface area contributed by atoms with Gasteiger partial charge in [0, 0.05) is 18.1 Å². The maximum absolute atomic E-state index is 13.3. The Bertz CT molecular complexity index is 1180. The minimum atomic E-state index is -0.595. The first-order valence-corrected chi connectivity index (χ1v) is 10.1. The molecule has 0 saturated heterocycles. The molecule has 0 aliphatic carbocycles. The zero-order valence-corrected chi connectivity index (χ0v) is 17.8. The van der Waals surface area contributed by atoms with Crippen LogP contribution in [-0.2, 0) is 4.79 Å². The lowest BCUT2D eigenvalue weighted by molar-refractivity contribution is -0.121. The first-order valence-electron chi connectivity index (χ1n) is 9.71. The lowest BCUT2D eigenvalue weighted by atomic mass is 10.0. The predicted octanol–water partition coefficient (Wildman–Crippen LogP) is 4.05. The highest BCUT2D eigenvalue weighted by molar-refractivity contribution is 6.33. The number of halogens is 2. The molecule has 0 aliphatic rings. The number of fused-ring (bicyclic) bond motifs is 1. The molecule has 162 valence electrons. The van der Waals surface area contributed by atoms with Gasteiger partial charge in [-0.1, -0.05) is 29.8 Å². The number of amides is 3. The number of hydrogen-bond acceptors (Lipinski definition) is 3. The van der Waals surface area contributed by atoms with Gasteiger partial charge in [0.25, 0.3) is 5.56 Å². The Kier molecular flexibility index (Phi) is 6.91. The number of aromatic nitrogens is 1. The van der Waals surface area contributed by atoms with Crippen LogP contribution in [0.25, 0.3) is 10.8 Å². The van der Waals surface area contributed by atoms with Crippen LogP contribution >= 0.6 is 11.6 Å². The molecule has 0 radical (unpaired) electrons. The molecule has 1 heterocycles. The zero-order chi connectivity index (χ0) is 22.5. The number of H-pyrrole nitrogens is 1. The zero-order valence-electron chi connectivity index (χ0n) is 17.0. The van der Waals surface area contributed by atoms with E-state index in [4.69, 9.17) is 11.6 Å². The van der Waals surface area contributed by atoms with Crippen molar-refractivity contribution >= 4 is 40.0 Å². The highest BCUT2D eigenvalue weighted by Crippen LogP contribution is 2.28. The Balaban J connectivity index is 1.98. The van der Waals surface area contributed by atoms with Crippen molar-refractivity contribution in [3.63, 3.8) is 0 Å². The molecule has 1 atom stereocenters. The molecule has 3 rings (SSSR count). The van der Waals surface area contributed by atoms with E-state index >= 15 is 0 Å². The van der Waals surface area contributed by atoms with E-state index in [1.54, 1.807) is 38.1 Å². The van der Waals surface area contributed by atoms with Crippen molar-refractivity contribution in [2.45, 2.75) is 19.9 Å². The topological polar surface area (TPSA) is 94.3 Å². The second kappa shape index (κ2) is 9.61. The number of urea groups is 1. The lowest BCUT2D eigenvalue weighted by Gasteiger charge is -2.30. The number of anilines is 1. The molecule has 2 aromatic carbocycles. The highest BCUT2D eigenvalue weighted by atomic mass is 35.5. The fourth-order valence-electron chi connectivity index (χ4n) is 3.32. The molecule has 7 nitrogen and oxygen atoms in total. The van der Waals surface area contributed by atoms with Crippen molar-refractivity contribution in [1.82, 2.24) is 15.2 Å². The molecule has 31 heavy (non-hydrogen) atoms. The van der Waals surface area contributed by atoms with Gasteiger partial charge in [-0.3, -0.25) is 9.59 Å². The summed E-state index contributed by atoms with van der Waals surface area (Å²) in [5, 5.41) is 6.49. The van der Waals surface area contributed by atoms with E-state index in [0.717, 1.165) is 6.07 Å². The van der Waals surface area contributed by atoms with Gasteiger partial charge in [-0.25, -0.2) is 9.18 Å². The number of nitrogens with zero attached hydrogens (tertiary/aromatic N) is 1. The second-order valence-corrected chi connectivity index (χ2v) is 7.34. The van der Waals surface area contributed by atoms with Crippen molar-refractivity contribution in [3.8, 4) is 0 Å². The number of rotatable bonds is 6. The van der Waals surface area contributed by atoms with Gasteiger partial charge in [0.05, 0.1) is 16.8 Å². The predicted molar refractivity (Wildman–Crippen MR) is 119 cm³/mol. The van der Waals surface area contributed by atoms with Gasteiger partial charge in [0.1, 0.15) is 12.4 Å². The van der Waals surface area contributed by atoms with Crippen LogP contribution in [0.15, 0.2) is 53.5 Å². The molecular weight excluding hydrogens is 423 g/mol. The summed E-state index contributed by atoms with van der Waals surface area (Å²) < 4.78 is 13.3. The van der Waals surface area contributed by atoms with E-state index in [1.807, 2.05) is 0 Å². The van der Waals surface area contributed by atoms with Crippen molar-refractivity contribution < 1.29 is 14.0 Å². The number of pyridine rings is 1. The Morgan fingerprint density at radius 2 is 1.90 bits per heavy atom. The average Bonchev–Trinajstić information content (AvgIpc) is 2.74. The largest absolute Gasteiger partial charge is 0.355 e. The summed E-state index contributed by atoms with van der Waals surface area (Å²) in [5.41, 5.74) is 0.636. The van der Waals surface area contributed by atoms with Gasteiger partial charge < -0.3 is 20.5 Å². The molecule has 0 saturated carbocycles. The lowest BCUT2D eigenvalue weighted by Crippen LogP contribution is -2.44. The number of carbonyl (C=O) groups is 2. The molecular formula is C22H22ClFN4O3. The molecule has 0 fully saturated rings. The van der Waals surface area contributed by atoms with Crippen LogP contribution in [0.2, 0.25) is 5.02 Å². The third-order valence-corrected chi connectivity index (χ3v) is 5.19. The molecule has 0 spiro atoms. The van der Waals surface area contributed by atoms with E-state index in [0.29, 0.717) is 22.9 Å². The van der Waals surface area contributed by atoms with Crippen molar-refractivity contribution in [3.05, 3.63) is 75.4 Å². The van der Waals surface area contributed by atoms with Crippen LogP contribution < -0.4 is 16.2 Å². The van der Waals surface area contributed by atoms with Crippen LogP contribution in [0, 0.1) is 5.82 Å². The van der Waals surface area contributed by atoms with Crippen molar-refractivity contribution in [1.29, 1.82) is 0 Å². The van der Waals surface area contributed by atoms with Gasteiger partial charge in [-0.05, 0) is 49.1 Å². The first kappa shape index (κ1) is 22.3. The Labute approximate surface area is 183 Å². The summed E-state index contributed by atoms with van der Waals surface area (Å²) in [7, 11) is 0. The molecule has 3 amide bonds. The minimum Gasteiger partial charge on any atom is -0.355 e. The SMILES string of the molecule is CCNC(=O)CN(C(=O)Nc1ccc(F)cc1Cl)C(C)c1c[nH]c(=O)c2ccccc12. The Morgan fingerprint density at radius 3 is 2.58 bits per heavy atom. The van der Waals surface area contributed by atoms with E-state index in [9.17, 15) is 18.8 Å². The van der Waals surface area contributed by atoms with E-state index < -0.39 is 17.9 Å². The fourth-order valence-corrected chi connectivity index (χ4v) is 3.53. The smallest absolute Gasteiger partial charge is 0.322 e. The molecule has 1 unspecified atom stereocenters. The molecule has 0 bridgehead atoms. The maximum atomic E-state index is 13.3. The van der Waals surface area contributed by atoms with Crippen LogP contribution in [0.1, 0.15) is 25.5 Å². The highest BCUT2D eigenvalue weighted by Gasteiger charge is 2.26. The number of benzene rings is 2. The molecule has 1 aromatic heterocycles.